The number of nitrogens with one attached hydrogen (secondary N) is 1. The van der Waals surface area contributed by atoms with Crippen LogP contribution in [0, 0.1) is 17.3 Å². The molecule has 1 saturated carbocycles. The number of hydrogen-bond donors (Lipinski definition) is 2. The quantitative estimate of drug-likeness (QED) is 0.701. The molecule has 0 radical (unpaired) electrons. The summed E-state index contributed by atoms with van der Waals surface area (Å²) in [5, 5.41) is 12.2. The molecule has 0 spiro atoms. The van der Waals surface area contributed by atoms with Crippen molar-refractivity contribution in [3.05, 3.63) is 11.6 Å². The molecule has 0 aromatic carbocycles. The molecule has 0 heterocycles. The van der Waals surface area contributed by atoms with E-state index in [2.05, 4.69) is 18.3 Å². The number of aliphatic carboxylic acids is 1. The average molecular weight is 223 g/mol. The normalized spacial score (nSPS) is 36.5. The van der Waals surface area contributed by atoms with E-state index in [0.717, 1.165) is 25.3 Å². The first kappa shape index (κ1) is 11.6. The Kier molecular flexibility index (Phi) is 3.06. The molecule has 3 heteroatoms. The highest BCUT2D eigenvalue weighted by atomic mass is 16.4. The van der Waals surface area contributed by atoms with Gasteiger partial charge in [0.1, 0.15) is 0 Å². The molecule has 2 N–H and O–H groups in total. The summed E-state index contributed by atoms with van der Waals surface area (Å²) < 4.78 is 0. The Labute approximate surface area is 96.9 Å². The van der Waals surface area contributed by atoms with E-state index >= 15 is 0 Å². The maximum absolute atomic E-state index is 11.0. The fourth-order valence-corrected chi connectivity index (χ4v) is 3.65. The predicted octanol–water partition coefficient (Wildman–Crippen LogP) is 2.04. The second-order valence-corrected chi connectivity index (χ2v) is 5.34. The van der Waals surface area contributed by atoms with Gasteiger partial charge in [-0.1, -0.05) is 18.6 Å². The SMILES string of the molecule is CCC1=C[C@H]2[C@@H](C1)C[C@@]2(CNC)CC(=O)O. The van der Waals surface area contributed by atoms with Gasteiger partial charge < -0.3 is 10.4 Å². The zero-order chi connectivity index (χ0) is 11.8. The van der Waals surface area contributed by atoms with E-state index in [1.54, 1.807) is 0 Å². The monoisotopic (exact) mass is 223 g/mol. The highest BCUT2D eigenvalue weighted by molar-refractivity contribution is 5.68. The summed E-state index contributed by atoms with van der Waals surface area (Å²) in [6, 6.07) is 0. The molecule has 1 fully saturated rings. The second-order valence-electron chi connectivity index (χ2n) is 5.34. The lowest BCUT2D eigenvalue weighted by molar-refractivity contribution is -0.144. The molecule has 0 aliphatic heterocycles. The maximum atomic E-state index is 11.0. The minimum atomic E-state index is -0.660. The lowest BCUT2D eigenvalue weighted by Crippen LogP contribution is -2.51. The topological polar surface area (TPSA) is 49.3 Å². The molecule has 3 nitrogen and oxygen atoms in total. The molecule has 90 valence electrons. The van der Waals surface area contributed by atoms with Crippen LogP contribution in [0.15, 0.2) is 11.6 Å². The smallest absolute Gasteiger partial charge is 0.303 e. The molecular formula is C13H21NO2. The van der Waals surface area contributed by atoms with Gasteiger partial charge in [-0.3, -0.25) is 4.79 Å². The first-order chi connectivity index (χ1) is 7.61. The Hall–Kier alpha value is -0.830. The first-order valence-corrected chi connectivity index (χ1v) is 6.17. The van der Waals surface area contributed by atoms with Gasteiger partial charge in [-0.25, -0.2) is 0 Å². The molecule has 0 saturated heterocycles. The van der Waals surface area contributed by atoms with Crippen LogP contribution in [0.4, 0.5) is 0 Å². The number of carbonyl (C=O) groups is 1. The van der Waals surface area contributed by atoms with Crippen LogP contribution in [0.2, 0.25) is 0 Å². The third-order valence-corrected chi connectivity index (χ3v) is 4.31. The van der Waals surface area contributed by atoms with Gasteiger partial charge in [0.05, 0.1) is 6.42 Å². The molecule has 0 bridgehead atoms. The number of hydrogen-bond acceptors (Lipinski definition) is 2. The Morgan fingerprint density at radius 1 is 1.69 bits per heavy atom. The predicted molar refractivity (Wildman–Crippen MR) is 63.2 cm³/mol. The molecule has 2 aliphatic rings. The lowest BCUT2D eigenvalue weighted by atomic mass is 9.53. The Morgan fingerprint density at radius 2 is 2.44 bits per heavy atom. The Morgan fingerprint density at radius 3 is 3.00 bits per heavy atom. The minimum Gasteiger partial charge on any atom is -0.481 e. The van der Waals surface area contributed by atoms with Crippen LogP contribution in [0.25, 0.3) is 0 Å². The number of carboxylic acid groups (broad SMARTS) is 1. The van der Waals surface area contributed by atoms with Crippen LogP contribution >= 0.6 is 0 Å². The largest absolute Gasteiger partial charge is 0.481 e. The van der Waals surface area contributed by atoms with E-state index in [1.165, 1.54) is 12.0 Å². The van der Waals surface area contributed by atoms with Gasteiger partial charge in [0.2, 0.25) is 0 Å². The van der Waals surface area contributed by atoms with Crippen LogP contribution in [-0.2, 0) is 4.79 Å². The summed E-state index contributed by atoms with van der Waals surface area (Å²) in [6.45, 7) is 3.02. The van der Waals surface area contributed by atoms with Gasteiger partial charge in [-0.05, 0) is 38.1 Å². The highest BCUT2D eigenvalue weighted by Crippen LogP contribution is 2.59. The van der Waals surface area contributed by atoms with E-state index in [-0.39, 0.29) is 5.41 Å². The van der Waals surface area contributed by atoms with Crippen molar-refractivity contribution in [2.45, 2.75) is 32.6 Å². The van der Waals surface area contributed by atoms with Crippen LogP contribution in [0.5, 0.6) is 0 Å². The van der Waals surface area contributed by atoms with Crippen molar-refractivity contribution in [2.24, 2.45) is 17.3 Å². The summed E-state index contributed by atoms with van der Waals surface area (Å²) in [4.78, 5) is 11.0. The molecule has 16 heavy (non-hydrogen) atoms. The van der Waals surface area contributed by atoms with Gasteiger partial charge >= 0.3 is 5.97 Å². The van der Waals surface area contributed by atoms with E-state index < -0.39 is 5.97 Å². The first-order valence-electron chi connectivity index (χ1n) is 6.17. The molecule has 3 atom stereocenters. The Balaban J connectivity index is 2.11. The fourth-order valence-electron chi connectivity index (χ4n) is 3.65. The minimum absolute atomic E-state index is 0.0117. The van der Waals surface area contributed by atoms with Crippen molar-refractivity contribution in [1.29, 1.82) is 0 Å². The molecular weight excluding hydrogens is 202 g/mol. The van der Waals surface area contributed by atoms with Crippen molar-refractivity contribution in [3.8, 4) is 0 Å². The van der Waals surface area contributed by atoms with E-state index in [4.69, 9.17) is 5.11 Å². The summed E-state index contributed by atoms with van der Waals surface area (Å²) in [6.07, 6.45) is 6.06. The van der Waals surface area contributed by atoms with E-state index in [0.29, 0.717) is 12.3 Å². The van der Waals surface area contributed by atoms with Crippen molar-refractivity contribution < 1.29 is 9.90 Å². The third-order valence-electron chi connectivity index (χ3n) is 4.31. The van der Waals surface area contributed by atoms with Gasteiger partial charge in [0.15, 0.2) is 0 Å². The molecule has 2 aliphatic carbocycles. The second kappa shape index (κ2) is 4.21. The molecule has 0 aromatic rings. The Bertz CT molecular complexity index is 324. The standard InChI is InChI=1S/C13H21NO2/c1-3-9-4-10-6-13(8-14-2,7-12(15)16)11(10)5-9/h5,10-11,14H,3-4,6-8H2,1-2H3,(H,15,16)/t10-,11-,13-/m0/s1. The van der Waals surface area contributed by atoms with Gasteiger partial charge in [-0.2, -0.15) is 0 Å². The summed E-state index contributed by atoms with van der Waals surface area (Å²) in [5.74, 6) is 0.570. The highest BCUT2D eigenvalue weighted by Gasteiger charge is 2.54. The fraction of sp³-hybridized carbons (Fsp3) is 0.769. The van der Waals surface area contributed by atoms with Crippen LogP contribution in [0.3, 0.4) is 0 Å². The summed E-state index contributed by atoms with van der Waals surface area (Å²) in [5.41, 5.74) is 1.51. The molecule has 0 unspecified atom stereocenters. The number of fused-ring (bicyclic) bond motifs is 1. The molecule has 0 aromatic heterocycles. The van der Waals surface area contributed by atoms with Crippen molar-refractivity contribution in [2.75, 3.05) is 13.6 Å². The van der Waals surface area contributed by atoms with Crippen LogP contribution in [-0.4, -0.2) is 24.7 Å². The number of carboxylic acids is 1. The van der Waals surface area contributed by atoms with Gasteiger partial charge in [0.25, 0.3) is 0 Å². The van der Waals surface area contributed by atoms with Gasteiger partial charge in [-0.15, -0.1) is 0 Å². The van der Waals surface area contributed by atoms with Crippen molar-refractivity contribution >= 4 is 5.97 Å². The van der Waals surface area contributed by atoms with E-state index in [9.17, 15) is 4.79 Å². The lowest BCUT2D eigenvalue weighted by Gasteiger charge is -2.52. The van der Waals surface area contributed by atoms with Crippen LogP contribution in [0.1, 0.15) is 32.6 Å². The molecule has 2 rings (SSSR count). The summed E-state index contributed by atoms with van der Waals surface area (Å²) >= 11 is 0. The van der Waals surface area contributed by atoms with E-state index in [1.807, 2.05) is 7.05 Å². The molecule has 0 amide bonds. The zero-order valence-electron chi connectivity index (χ0n) is 10.1. The number of rotatable bonds is 5. The number of allylic oxidation sites excluding steroid dienone is 2. The van der Waals surface area contributed by atoms with Crippen LogP contribution < -0.4 is 5.32 Å². The zero-order valence-corrected chi connectivity index (χ0v) is 10.1. The van der Waals surface area contributed by atoms with Crippen molar-refractivity contribution in [3.63, 3.8) is 0 Å². The third kappa shape index (κ3) is 1.77. The average Bonchev–Trinajstić information content (AvgIpc) is 2.55. The van der Waals surface area contributed by atoms with Gasteiger partial charge in [0, 0.05) is 12.0 Å². The summed E-state index contributed by atoms with van der Waals surface area (Å²) in [7, 11) is 1.91. The van der Waals surface area contributed by atoms with Crippen molar-refractivity contribution in [1.82, 2.24) is 5.32 Å². The maximum Gasteiger partial charge on any atom is 0.303 e.